The number of fused-ring (bicyclic) bond motifs is 1. The Morgan fingerprint density at radius 1 is 1.32 bits per heavy atom. The molecular formula is C24H25N7O6. The van der Waals surface area contributed by atoms with Crippen molar-refractivity contribution in [3.63, 3.8) is 0 Å². The van der Waals surface area contributed by atoms with Gasteiger partial charge in [0.1, 0.15) is 0 Å². The second-order valence-electron chi connectivity index (χ2n) is 8.76. The van der Waals surface area contributed by atoms with Gasteiger partial charge in [0, 0.05) is 35.8 Å². The van der Waals surface area contributed by atoms with Crippen LogP contribution in [0.2, 0.25) is 0 Å². The van der Waals surface area contributed by atoms with Crippen molar-refractivity contribution in [2.75, 3.05) is 36.2 Å². The molecule has 37 heavy (non-hydrogen) atoms. The van der Waals surface area contributed by atoms with Crippen molar-refractivity contribution in [1.29, 1.82) is 0 Å². The standard InChI is InChI=1S/C24H25N7O6/c1-13-12-31(15-6-7-26-18(11-15)35-3)28-21(13)30-8-9-36-19(22(30)32)24(2,34)23(33)27-14-4-5-16-17(10-14)37-29-20(16)25/h4-7,10-12,19,34H,8-9H2,1-3H3,(H2,25,29)(H,27,33)/t19-,24+/m0/s1. The van der Waals surface area contributed by atoms with E-state index in [9.17, 15) is 14.7 Å². The number of aliphatic hydroxyl groups is 1. The molecule has 4 aromatic rings. The van der Waals surface area contributed by atoms with Crippen LogP contribution in [0.25, 0.3) is 16.7 Å². The van der Waals surface area contributed by atoms with Gasteiger partial charge in [-0.25, -0.2) is 9.67 Å². The molecule has 5 rings (SSSR count). The number of hydrogen-bond acceptors (Lipinski definition) is 10. The van der Waals surface area contributed by atoms with Crippen LogP contribution in [0, 0.1) is 6.92 Å². The number of morpholine rings is 1. The van der Waals surface area contributed by atoms with Crippen LogP contribution in [0.4, 0.5) is 17.3 Å². The van der Waals surface area contributed by atoms with Crippen molar-refractivity contribution in [2.45, 2.75) is 25.6 Å². The summed E-state index contributed by atoms with van der Waals surface area (Å²) >= 11 is 0. The van der Waals surface area contributed by atoms with E-state index in [4.69, 9.17) is 19.7 Å². The fourth-order valence-electron chi connectivity index (χ4n) is 4.11. The van der Waals surface area contributed by atoms with Crippen LogP contribution >= 0.6 is 0 Å². The third kappa shape index (κ3) is 4.34. The lowest BCUT2D eigenvalue weighted by molar-refractivity contribution is -0.165. The number of nitrogen functional groups attached to an aromatic ring is 1. The molecule has 0 bridgehead atoms. The molecule has 192 valence electrons. The van der Waals surface area contributed by atoms with Crippen molar-refractivity contribution < 1.29 is 28.7 Å². The number of aryl methyl sites for hydroxylation is 1. The van der Waals surface area contributed by atoms with Gasteiger partial charge in [0.05, 0.1) is 31.3 Å². The van der Waals surface area contributed by atoms with Gasteiger partial charge in [-0.05, 0) is 32.0 Å². The second-order valence-corrected chi connectivity index (χ2v) is 8.76. The van der Waals surface area contributed by atoms with Crippen LogP contribution in [0.15, 0.2) is 47.2 Å². The van der Waals surface area contributed by atoms with Gasteiger partial charge in [-0.1, -0.05) is 5.16 Å². The number of methoxy groups -OCH3 is 1. The molecule has 0 unspecified atom stereocenters. The maximum Gasteiger partial charge on any atom is 0.260 e. The number of anilines is 3. The number of nitrogens with zero attached hydrogens (tertiary/aromatic N) is 5. The SMILES string of the molecule is COc1cc(-n2cc(C)c(N3CCO[C@H]([C@@](C)(O)C(=O)Nc4ccc5c(N)noc5c4)C3=O)n2)ccn1. The average Bonchev–Trinajstić information content (AvgIpc) is 3.46. The van der Waals surface area contributed by atoms with E-state index in [0.717, 1.165) is 0 Å². The fraction of sp³-hybridized carbons (Fsp3) is 0.292. The molecule has 1 saturated heterocycles. The Kier molecular flexibility index (Phi) is 6.01. The van der Waals surface area contributed by atoms with Gasteiger partial charge in [-0.3, -0.25) is 14.5 Å². The largest absolute Gasteiger partial charge is 0.481 e. The summed E-state index contributed by atoms with van der Waals surface area (Å²) < 4.78 is 17.5. The van der Waals surface area contributed by atoms with Gasteiger partial charge in [0.25, 0.3) is 11.8 Å². The second kappa shape index (κ2) is 9.19. The summed E-state index contributed by atoms with van der Waals surface area (Å²) in [6.07, 6.45) is 1.89. The van der Waals surface area contributed by atoms with Crippen molar-refractivity contribution in [3.8, 4) is 11.6 Å². The predicted octanol–water partition coefficient (Wildman–Crippen LogP) is 1.43. The van der Waals surface area contributed by atoms with Gasteiger partial charge in [0.2, 0.25) is 5.88 Å². The van der Waals surface area contributed by atoms with Crippen LogP contribution in [-0.4, -0.2) is 68.8 Å². The zero-order chi connectivity index (χ0) is 26.3. The smallest absolute Gasteiger partial charge is 0.260 e. The van der Waals surface area contributed by atoms with Crippen molar-refractivity contribution in [1.82, 2.24) is 19.9 Å². The number of carbonyl (C=O) groups excluding carboxylic acids is 2. The van der Waals surface area contributed by atoms with Gasteiger partial charge < -0.3 is 30.2 Å². The predicted molar refractivity (Wildman–Crippen MR) is 132 cm³/mol. The number of nitrogens with one attached hydrogen (secondary N) is 1. The van der Waals surface area contributed by atoms with E-state index in [1.807, 2.05) is 6.92 Å². The number of amides is 2. The number of rotatable bonds is 6. The van der Waals surface area contributed by atoms with E-state index in [1.54, 1.807) is 41.3 Å². The number of aromatic nitrogens is 4. The summed E-state index contributed by atoms with van der Waals surface area (Å²) in [7, 11) is 1.52. The van der Waals surface area contributed by atoms with E-state index < -0.39 is 23.5 Å². The first kappa shape index (κ1) is 24.2. The number of carbonyl (C=O) groups is 2. The van der Waals surface area contributed by atoms with Crippen molar-refractivity contribution >= 4 is 40.1 Å². The van der Waals surface area contributed by atoms with E-state index in [0.29, 0.717) is 39.6 Å². The minimum atomic E-state index is -2.19. The monoisotopic (exact) mass is 507 g/mol. The first-order valence-corrected chi connectivity index (χ1v) is 11.4. The van der Waals surface area contributed by atoms with E-state index in [1.165, 1.54) is 25.0 Å². The molecule has 1 fully saturated rings. The van der Waals surface area contributed by atoms with Crippen LogP contribution in [0.1, 0.15) is 12.5 Å². The lowest BCUT2D eigenvalue weighted by Crippen LogP contribution is -2.61. The molecule has 2 atom stereocenters. The van der Waals surface area contributed by atoms with Crippen LogP contribution < -0.4 is 20.7 Å². The molecule has 2 amide bonds. The zero-order valence-corrected chi connectivity index (χ0v) is 20.3. The molecule has 3 aromatic heterocycles. The minimum Gasteiger partial charge on any atom is -0.481 e. The molecule has 0 aliphatic carbocycles. The third-order valence-corrected chi connectivity index (χ3v) is 6.14. The highest BCUT2D eigenvalue weighted by molar-refractivity contribution is 6.06. The lowest BCUT2D eigenvalue weighted by Gasteiger charge is -2.37. The zero-order valence-electron chi connectivity index (χ0n) is 20.3. The normalized spacial score (nSPS) is 17.6. The highest BCUT2D eigenvalue weighted by Crippen LogP contribution is 2.29. The Hall–Kier alpha value is -4.49. The number of pyridine rings is 1. The van der Waals surface area contributed by atoms with Gasteiger partial charge in [-0.15, -0.1) is 5.10 Å². The quantitative estimate of drug-likeness (QED) is 0.347. The number of benzene rings is 1. The number of nitrogens with two attached hydrogens (primary N) is 1. The Morgan fingerprint density at radius 2 is 2.14 bits per heavy atom. The molecule has 1 aromatic carbocycles. The fourth-order valence-corrected chi connectivity index (χ4v) is 4.11. The molecule has 1 aliphatic heterocycles. The summed E-state index contributed by atoms with van der Waals surface area (Å²) in [5, 5.41) is 22.6. The summed E-state index contributed by atoms with van der Waals surface area (Å²) in [5.74, 6) is -0.389. The maximum absolute atomic E-state index is 13.5. The summed E-state index contributed by atoms with van der Waals surface area (Å²) in [6.45, 7) is 3.34. The molecule has 0 spiro atoms. The molecule has 0 radical (unpaired) electrons. The number of hydrogen-bond donors (Lipinski definition) is 3. The first-order chi connectivity index (χ1) is 17.7. The minimum absolute atomic E-state index is 0.0958. The van der Waals surface area contributed by atoms with Crippen LogP contribution in [0.3, 0.4) is 0 Å². The van der Waals surface area contributed by atoms with Crippen molar-refractivity contribution in [3.05, 3.63) is 48.3 Å². The van der Waals surface area contributed by atoms with Gasteiger partial charge in [-0.2, -0.15) is 0 Å². The Bertz CT molecular complexity index is 1490. The Morgan fingerprint density at radius 3 is 2.92 bits per heavy atom. The van der Waals surface area contributed by atoms with Crippen molar-refractivity contribution in [2.24, 2.45) is 0 Å². The summed E-state index contributed by atoms with van der Waals surface area (Å²) in [5.41, 5.74) is 5.63. The van der Waals surface area contributed by atoms with Gasteiger partial charge >= 0.3 is 0 Å². The average molecular weight is 508 g/mol. The summed E-state index contributed by atoms with van der Waals surface area (Å²) in [4.78, 5) is 32.0. The molecule has 1 aliphatic rings. The molecule has 4 heterocycles. The van der Waals surface area contributed by atoms with E-state index in [-0.39, 0.29) is 19.0 Å². The van der Waals surface area contributed by atoms with Crippen LogP contribution in [-0.2, 0) is 14.3 Å². The Labute approximate surface area is 210 Å². The van der Waals surface area contributed by atoms with Gasteiger partial charge in [0.15, 0.2) is 28.9 Å². The molecule has 13 heteroatoms. The van der Waals surface area contributed by atoms with E-state index in [2.05, 4.69) is 20.6 Å². The third-order valence-electron chi connectivity index (χ3n) is 6.14. The molecule has 4 N–H and O–H groups in total. The molecule has 0 saturated carbocycles. The topological polar surface area (TPSA) is 171 Å². The molecular weight excluding hydrogens is 482 g/mol. The van der Waals surface area contributed by atoms with Crippen LogP contribution in [0.5, 0.6) is 5.88 Å². The summed E-state index contributed by atoms with van der Waals surface area (Å²) in [6, 6.07) is 8.20. The van der Waals surface area contributed by atoms with E-state index >= 15 is 0 Å². The highest BCUT2D eigenvalue weighted by atomic mass is 16.5. The lowest BCUT2D eigenvalue weighted by atomic mass is 9.95. The highest BCUT2D eigenvalue weighted by Gasteiger charge is 2.49. The first-order valence-electron chi connectivity index (χ1n) is 11.4. The number of ether oxygens (including phenoxy) is 2. The Balaban J connectivity index is 1.36. The molecule has 13 nitrogen and oxygen atoms in total. The maximum atomic E-state index is 13.5.